The van der Waals surface area contributed by atoms with Crippen LogP contribution >= 0.6 is 0 Å². The van der Waals surface area contributed by atoms with E-state index in [1.54, 1.807) is 26.0 Å². The van der Waals surface area contributed by atoms with Crippen molar-refractivity contribution >= 4 is 38.8 Å². The summed E-state index contributed by atoms with van der Waals surface area (Å²) in [4.78, 5) is 14.0. The van der Waals surface area contributed by atoms with Crippen LogP contribution in [-0.2, 0) is 14.8 Å². The highest BCUT2D eigenvalue weighted by atomic mass is 32.2. The molecular formula is C21H25N3O3S. The zero-order valence-corrected chi connectivity index (χ0v) is 17.3. The van der Waals surface area contributed by atoms with E-state index in [9.17, 15) is 13.2 Å². The Morgan fingerprint density at radius 3 is 2.39 bits per heavy atom. The highest BCUT2D eigenvalue weighted by Gasteiger charge is 2.34. The van der Waals surface area contributed by atoms with Gasteiger partial charge in [0.15, 0.2) is 0 Å². The van der Waals surface area contributed by atoms with Crippen LogP contribution in [0.5, 0.6) is 0 Å². The van der Waals surface area contributed by atoms with Gasteiger partial charge in [-0.05, 0) is 36.8 Å². The van der Waals surface area contributed by atoms with E-state index < -0.39 is 10.0 Å². The number of amides is 1. The van der Waals surface area contributed by atoms with Gasteiger partial charge in [-0.15, -0.1) is 4.40 Å². The Morgan fingerprint density at radius 1 is 1.11 bits per heavy atom. The Labute approximate surface area is 166 Å². The summed E-state index contributed by atoms with van der Waals surface area (Å²) in [6.45, 7) is 7.53. The van der Waals surface area contributed by atoms with Crippen LogP contribution in [0, 0.1) is 11.8 Å². The van der Waals surface area contributed by atoms with Gasteiger partial charge in [-0.1, -0.05) is 45.9 Å². The van der Waals surface area contributed by atoms with Crippen LogP contribution < -0.4 is 10.2 Å². The molecule has 0 spiro atoms. The van der Waals surface area contributed by atoms with Gasteiger partial charge in [0.05, 0.1) is 5.69 Å². The van der Waals surface area contributed by atoms with E-state index in [4.69, 9.17) is 0 Å². The molecule has 0 unspecified atom stereocenters. The van der Waals surface area contributed by atoms with E-state index in [2.05, 4.69) is 9.71 Å². The lowest BCUT2D eigenvalue weighted by Gasteiger charge is -2.33. The number of hydrogen-bond donors (Lipinski definition) is 1. The third kappa shape index (κ3) is 3.80. The minimum absolute atomic E-state index is 0.0385. The number of fused-ring (bicyclic) bond motifs is 1. The van der Waals surface area contributed by atoms with Crippen molar-refractivity contribution in [3.05, 3.63) is 48.5 Å². The van der Waals surface area contributed by atoms with E-state index >= 15 is 0 Å². The average Bonchev–Trinajstić information content (AvgIpc) is 2.67. The lowest BCUT2D eigenvalue weighted by atomic mass is 10.1. The fourth-order valence-corrected chi connectivity index (χ4v) is 4.25. The van der Waals surface area contributed by atoms with E-state index in [0.717, 1.165) is 12.1 Å². The van der Waals surface area contributed by atoms with E-state index in [1.165, 1.54) is 6.07 Å². The smallest absolute Gasteiger partial charge is 0.286 e. The quantitative estimate of drug-likeness (QED) is 0.799. The van der Waals surface area contributed by atoms with E-state index in [1.807, 2.05) is 49.1 Å². The molecule has 0 saturated carbocycles. The second-order valence-corrected chi connectivity index (χ2v) is 8.80. The first-order valence-electron chi connectivity index (χ1n) is 9.39. The van der Waals surface area contributed by atoms with Gasteiger partial charge in [0.2, 0.25) is 5.91 Å². The summed E-state index contributed by atoms with van der Waals surface area (Å²) in [6.07, 6.45) is 0.759. The molecule has 1 heterocycles. The second-order valence-electron chi connectivity index (χ2n) is 7.23. The number of nitrogens with zero attached hydrogens (tertiary/aromatic N) is 2. The number of carbonyl (C=O) groups excluding carboxylic acids is 1. The highest BCUT2D eigenvalue weighted by molar-refractivity contribution is 7.90. The van der Waals surface area contributed by atoms with Crippen molar-refractivity contribution in [2.45, 2.75) is 39.0 Å². The third-order valence-electron chi connectivity index (χ3n) is 4.78. The number of amidine groups is 1. The summed E-state index contributed by atoms with van der Waals surface area (Å²) < 4.78 is 30.0. The molecule has 2 aromatic rings. The van der Waals surface area contributed by atoms with Crippen molar-refractivity contribution in [2.75, 3.05) is 10.2 Å². The zero-order chi connectivity index (χ0) is 20.5. The molecule has 0 aliphatic carbocycles. The van der Waals surface area contributed by atoms with E-state index in [-0.39, 0.29) is 22.6 Å². The maximum Gasteiger partial charge on any atom is 0.286 e. The molecule has 1 amide bonds. The summed E-state index contributed by atoms with van der Waals surface area (Å²) in [5, 5.41) is 2.76. The van der Waals surface area contributed by atoms with Gasteiger partial charge in [0.1, 0.15) is 10.7 Å². The lowest BCUT2D eigenvalue weighted by molar-refractivity contribution is -0.118. The van der Waals surface area contributed by atoms with Gasteiger partial charge in [0.25, 0.3) is 10.0 Å². The fourth-order valence-electron chi connectivity index (χ4n) is 2.95. The number of rotatable bonds is 5. The van der Waals surface area contributed by atoms with Crippen molar-refractivity contribution in [3.8, 4) is 0 Å². The number of hydrogen-bond acceptors (Lipinski definition) is 4. The Hall–Kier alpha value is -2.67. The van der Waals surface area contributed by atoms with Gasteiger partial charge in [-0.2, -0.15) is 8.42 Å². The van der Waals surface area contributed by atoms with Gasteiger partial charge in [-0.25, -0.2) is 0 Å². The molecule has 6 nitrogen and oxygen atoms in total. The van der Waals surface area contributed by atoms with Crippen LogP contribution in [0.25, 0.3) is 0 Å². The van der Waals surface area contributed by atoms with Crippen LogP contribution in [0.4, 0.5) is 17.1 Å². The first-order valence-corrected chi connectivity index (χ1v) is 10.8. The van der Waals surface area contributed by atoms with Crippen molar-refractivity contribution in [1.82, 2.24) is 0 Å². The predicted molar refractivity (Wildman–Crippen MR) is 113 cm³/mol. The molecule has 0 bridgehead atoms. The number of benzene rings is 2. The molecule has 2 aromatic carbocycles. The van der Waals surface area contributed by atoms with Crippen LogP contribution in [0.1, 0.15) is 34.1 Å². The van der Waals surface area contributed by atoms with Crippen LogP contribution in [0.2, 0.25) is 0 Å². The molecule has 0 aromatic heterocycles. The molecule has 1 aliphatic heterocycles. The average molecular weight is 400 g/mol. The molecule has 0 saturated heterocycles. The van der Waals surface area contributed by atoms with Crippen molar-refractivity contribution in [3.63, 3.8) is 0 Å². The summed E-state index contributed by atoms with van der Waals surface area (Å²) in [6, 6.07) is 14.5. The number of sulfonamides is 1. The molecule has 1 N–H and O–H groups in total. The van der Waals surface area contributed by atoms with Gasteiger partial charge in [0, 0.05) is 23.2 Å². The first-order chi connectivity index (χ1) is 13.2. The molecule has 0 radical (unpaired) electrons. The molecule has 28 heavy (non-hydrogen) atoms. The highest BCUT2D eigenvalue weighted by Crippen LogP contribution is 2.39. The van der Waals surface area contributed by atoms with Crippen LogP contribution in [0.3, 0.4) is 0 Å². The fraction of sp³-hybridized carbons (Fsp3) is 0.333. The maximum atomic E-state index is 12.9. The zero-order valence-electron chi connectivity index (χ0n) is 16.5. The van der Waals surface area contributed by atoms with Gasteiger partial charge < -0.3 is 5.32 Å². The molecular weight excluding hydrogens is 374 g/mol. The standard InChI is InChI=1S/C21H25N3O3S/c1-5-15(4)20-23-28(26,27)19-13-16(22-21(25)14(2)3)11-12-18(19)24(20)17-9-7-6-8-10-17/h6-15H,5H2,1-4H3,(H,22,25)/t15-/m0/s1. The Morgan fingerprint density at radius 2 is 1.79 bits per heavy atom. The van der Waals surface area contributed by atoms with Crippen molar-refractivity contribution in [2.24, 2.45) is 16.2 Å². The van der Waals surface area contributed by atoms with Gasteiger partial charge in [-0.3, -0.25) is 9.69 Å². The van der Waals surface area contributed by atoms with Gasteiger partial charge >= 0.3 is 0 Å². The number of anilines is 3. The van der Waals surface area contributed by atoms with Crippen molar-refractivity contribution in [1.29, 1.82) is 0 Å². The SMILES string of the molecule is CC[C@H](C)C1=NS(=O)(=O)c2cc(NC(=O)C(C)C)ccc2N1c1ccccc1. The summed E-state index contributed by atoms with van der Waals surface area (Å²) in [5.74, 6) is 0.0870. The molecule has 3 rings (SSSR count). The topological polar surface area (TPSA) is 78.8 Å². The Balaban J connectivity index is 2.16. The predicted octanol–water partition coefficient (Wildman–Crippen LogP) is 4.57. The number of nitrogens with one attached hydrogen (secondary N) is 1. The Kier molecular flexibility index (Phi) is 5.56. The molecule has 1 atom stereocenters. The van der Waals surface area contributed by atoms with Crippen molar-refractivity contribution < 1.29 is 13.2 Å². The maximum absolute atomic E-state index is 12.9. The molecule has 7 heteroatoms. The molecule has 148 valence electrons. The Bertz CT molecular complexity index is 1010. The number of carbonyl (C=O) groups is 1. The van der Waals surface area contributed by atoms with E-state index in [0.29, 0.717) is 17.2 Å². The number of para-hydroxylation sites is 1. The summed E-state index contributed by atoms with van der Waals surface area (Å²) in [5.41, 5.74) is 1.83. The monoisotopic (exact) mass is 399 g/mol. The third-order valence-corrected chi connectivity index (χ3v) is 6.09. The first kappa shape index (κ1) is 20.1. The summed E-state index contributed by atoms with van der Waals surface area (Å²) >= 11 is 0. The minimum Gasteiger partial charge on any atom is -0.326 e. The second kappa shape index (κ2) is 7.75. The summed E-state index contributed by atoms with van der Waals surface area (Å²) in [7, 11) is -3.87. The molecule has 0 fully saturated rings. The van der Waals surface area contributed by atoms with Crippen LogP contribution in [-0.4, -0.2) is 20.2 Å². The minimum atomic E-state index is -3.87. The lowest BCUT2D eigenvalue weighted by Crippen LogP contribution is -2.36. The molecule has 1 aliphatic rings. The largest absolute Gasteiger partial charge is 0.326 e. The van der Waals surface area contributed by atoms with Crippen LogP contribution in [0.15, 0.2) is 57.8 Å². The normalized spacial score (nSPS) is 16.3.